The molecule has 16 heavy (non-hydrogen) atoms. The first-order valence-electron chi connectivity index (χ1n) is 4.89. The summed E-state index contributed by atoms with van der Waals surface area (Å²) >= 11 is 0. The average molecular weight is 221 g/mol. The number of hydrogen-bond acceptors (Lipinski definition) is 3. The second-order valence-electron chi connectivity index (χ2n) is 3.43. The molecule has 0 aromatic heterocycles. The highest BCUT2D eigenvalue weighted by atomic mass is 16.2. The summed E-state index contributed by atoms with van der Waals surface area (Å²) < 4.78 is 0. The van der Waals surface area contributed by atoms with Crippen LogP contribution in [0.25, 0.3) is 0 Å². The zero-order valence-corrected chi connectivity index (χ0v) is 9.33. The van der Waals surface area contributed by atoms with Gasteiger partial charge in [0.2, 0.25) is 5.91 Å². The van der Waals surface area contributed by atoms with E-state index in [9.17, 15) is 9.59 Å². The summed E-state index contributed by atoms with van der Waals surface area (Å²) in [5.74, 6) is -0.539. The van der Waals surface area contributed by atoms with E-state index in [1.807, 2.05) is 6.92 Å². The lowest BCUT2D eigenvalue weighted by molar-refractivity contribution is -0.119. The Bertz CT molecular complexity index is 416. The van der Waals surface area contributed by atoms with Gasteiger partial charge in [-0.1, -0.05) is 6.07 Å². The van der Waals surface area contributed by atoms with Gasteiger partial charge in [0, 0.05) is 18.3 Å². The predicted octanol–water partition coefficient (Wildman–Crippen LogP) is 0.0530. The number of nitrogens with one attached hydrogen (secondary N) is 2. The van der Waals surface area contributed by atoms with Gasteiger partial charge in [-0.05, 0) is 24.6 Å². The van der Waals surface area contributed by atoms with Gasteiger partial charge in [0.25, 0.3) is 5.91 Å². The molecular formula is C11H15N3O2. The molecule has 1 rings (SSSR count). The Balaban J connectivity index is 2.73. The van der Waals surface area contributed by atoms with E-state index in [-0.39, 0.29) is 18.4 Å². The lowest BCUT2D eigenvalue weighted by Crippen LogP contribution is -2.35. The molecule has 5 nitrogen and oxygen atoms in total. The average Bonchev–Trinajstić information content (AvgIpc) is 2.28. The van der Waals surface area contributed by atoms with Crippen molar-refractivity contribution in [2.75, 3.05) is 19.3 Å². The Morgan fingerprint density at radius 1 is 1.38 bits per heavy atom. The van der Waals surface area contributed by atoms with Crippen LogP contribution in [-0.4, -0.2) is 25.4 Å². The molecule has 0 bridgehead atoms. The van der Waals surface area contributed by atoms with Crippen LogP contribution in [0.5, 0.6) is 0 Å². The highest BCUT2D eigenvalue weighted by Crippen LogP contribution is 2.12. The third-order valence-corrected chi connectivity index (χ3v) is 2.19. The topological polar surface area (TPSA) is 84.2 Å². The third-order valence-electron chi connectivity index (χ3n) is 2.19. The van der Waals surface area contributed by atoms with Gasteiger partial charge in [0.15, 0.2) is 0 Å². The van der Waals surface area contributed by atoms with Crippen LogP contribution < -0.4 is 16.4 Å². The molecule has 4 N–H and O–H groups in total. The summed E-state index contributed by atoms with van der Waals surface area (Å²) in [4.78, 5) is 22.6. The number of rotatable bonds is 3. The number of benzene rings is 1. The fourth-order valence-electron chi connectivity index (χ4n) is 1.23. The van der Waals surface area contributed by atoms with Crippen molar-refractivity contribution in [3.05, 3.63) is 29.3 Å². The minimum Gasteiger partial charge on any atom is -0.399 e. The van der Waals surface area contributed by atoms with Crippen LogP contribution in [0.2, 0.25) is 0 Å². The number of likely N-dealkylation sites (N-methyl/N-ethyl adjacent to an activating group) is 1. The van der Waals surface area contributed by atoms with Crippen LogP contribution in [-0.2, 0) is 4.79 Å². The highest BCUT2D eigenvalue weighted by Gasteiger charge is 2.09. The van der Waals surface area contributed by atoms with Crippen LogP contribution >= 0.6 is 0 Å². The Hall–Kier alpha value is -2.04. The van der Waals surface area contributed by atoms with E-state index < -0.39 is 0 Å². The molecule has 2 amide bonds. The van der Waals surface area contributed by atoms with Crippen molar-refractivity contribution in [2.24, 2.45) is 0 Å². The van der Waals surface area contributed by atoms with E-state index in [1.165, 1.54) is 7.05 Å². The smallest absolute Gasteiger partial charge is 0.252 e. The standard InChI is InChI=1S/C11H15N3O2/c1-7-3-4-8(12)5-9(7)11(16)14-6-10(15)13-2/h3-5H,6,12H2,1-2H3,(H,13,15)(H,14,16). The molecule has 86 valence electrons. The Kier molecular flexibility index (Phi) is 3.88. The largest absolute Gasteiger partial charge is 0.399 e. The van der Waals surface area contributed by atoms with E-state index in [1.54, 1.807) is 18.2 Å². The van der Waals surface area contributed by atoms with Gasteiger partial charge in [-0.2, -0.15) is 0 Å². The fourth-order valence-corrected chi connectivity index (χ4v) is 1.23. The Morgan fingerprint density at radius 2 is 2.06 bits per heavy atom. The molecule has 0 atom stereocenters. The van der Waals surface area contributed by atoms with E-state index in [0.717, 1.165) is 5.56 Å². The molecule has 0 aliphatic carbocycles. The van der Waals surface area contributed by atoms with Crippen LogP contribution in [0.1, 0.15) is 15.9 Å². The van der Waals surface area contributed by atoms with Crippen molar-refractivity contribution >= 4 is 17.5 Å². The van der Waals surface area contributed by atoms with Gasteiger partial charge in [0.1, 0.15) is 0 Å². The normalized spacial score (nSPS) is 9.62. The van der Waals surface area contributed by atoms with E-state index >= 15 is 0 Å². The maximum atomic E-state index is 11.7. The quantitative estimate of drug-likeness (QED) is 0.631. The molecule has 0 aliphatic rings. The minimum atomic E-state index is -0.298. The summed E-state index contributed by atoms with van der Waals surface area (Å²) in [6.07, 6.45) is 0. The molecule has 0 unspecified atom stereocenters. The van der Waals surface area contributed by atoms with E-state index in [0.29, 0.717) is 11.3 Å². The molecule has 5 heteroatoms. The van der Waals surface area contributed by atoms with Gasteiger partial charge in [-0.3, -0.25) is 9.59 Å². The molecule has 0 radical (unpaired) electrons. The lowest BCUT2D eigenvalue weighted by atomic mass is 10.1. The second kappa shape index (κ2) is 5.16. The van der Waals surface area contributed by atoms with Crippen molar-refractivity contribution in [3.63, 3.8) is 0 Å². The number of aryl methyl sites for hydroxylation is 1. The van der Waals surface area contributed by atoms with Crippen LogP contribution in [0.3, 0.4) is 0 Å². The first-order valence-corrected chi connectivity index (χ1v) is 4.89. The molecule has 1 aromatic rings. The number of anilines is 1. The van der Waals surface area contributed by atoms with Gasteiger partial charge in [-0.25, -0.2) is 0 Å². The molecule has 0 heterocycles. The van der Waals surface area contributed by atoms with Crippen LogP contribution in [0.4, 0.5) is 5.69 Å². The lowest BCUT2D eigenvalue weighted by Gasteiger charge is -2.07. The first kappa shape index (κ1) is 12.0. The number of carbonyl (C=O) groups excluding carboxylic acids is 2. The van der Waals surface area contributed by atoms with E-state index in [4.69, 9.17) is 5.73 Å². The highest BCUT2D eigenvalue weighted by molar-refractivity contribution is 5.98. The SMILES string of the molecule is CNC(=O)CNC(=O)c1cc(N)ccc1C. The molecule has 0 spiro atoms. The summed E-state index contributed by atoms with van der Waals surface area (Å²) in [5, 5.41) is 4.93. The number of nitrogen functional groups attached to an aromatic ring is 1. The van der Waals surface area contributed by atoms with E-state index in [2.05, 4.69) is 10.6 Å². The summed E-state index contributed by atoms with van der Waals surface area (Å²) in [6, 6.07) is 5.09. The monoisotopic (exact) mass is 221 g/mol. The van der Waals surface area contributed by atoms with Crippen molar-refractivity contribution in [3.8, 4) is 0 Å². The molecule has 0 aliphatic heterocycles. The summed E-state index contributed by atoms with van der Waals surface area (Å²) in [6.45, 7) is 1.78. The summed E-state index contributed by atoms with van der Waals surface area (Å²) in [5.41, 5.74) is 7.42. The molecule has 0 fully saturated rings. The van der Waals surface area contributed by atoms with Crippen LogP contribution in [0.15, 0.2) is 18.2 Å². The first-order chi connectivity index (χ1) is 7.54. The van der Waals surface area contributed by atoms with Crippen molar-refractivity contribution < 1.29 is 9.59 Å². The third kappa shape index (κ3) is 2.98. The minimum absolute atomic E-state index is 0.0381. The second-order valence-corrected chi connectivity index (χ2v) is 3.43. The summed E-state index contributed by atoms with van der Waals surface area (Å²) in [7, 11) is 1.51. The predicted molar refractivity (Wildman–Crippen MR) is 62.0 cm³/mol. The van der Waals surface area contributed by atoms with Crippen molar-refractivity contribution in [1.29, 1.82) is 0 Å². The van der Waals surface area contributed by atoms with Gasteiger partial charge in [0.05, 0.1) is 6.54 Å². The number of hydrogen-bond donors (Lipinski definition) is 3. The van der Waals surface area contributed by atoms with Gasteiger partial charge >= 0.3 is 0 Å². The maximum absolute atomic E-state index is 11.7. The van der Waals surface area contributed by atoms with Gasteiger partial charge in [-0.15, -0.1) is 0 Å². The number of amides is 2. The molecule has 0 saturated carbocycles. The Labute approximate surface area is 94.0 Å². The Morgan fingerprint density at radius 3 is 2.69 bits per heavy atom. The molecular weight excluding hydrogens is 206 g/mol. The molecule has 1 aromatic carbocycles. The number of carbonyl (C=O) groups is 2. The van der Waals surface area contributed by atoms with Crippen LogP contribution in [0, 0.1) is 6.92 Å². The fraction of sp³-hybridized carbons (Fsp3) is 0.273. The zero-order valence-electron chi connectivity index (χ0n) is 9.33. The van der Waals surface area contributed by atoms with Crippen molar-refractivity contribution in [2.45, 2.75) is 6.92 Å². The maximum Gasteiger partial charge on any atom is 0.252 e. The number of nitrogens with two attached hydrogens (primary N) is 1. The van der Waals surface area contributed by atoms with Crippen molar-refractivity contribution in [1.82, 2.24) is 10.6 Å². The molecule has 0 saturated heterocycles. The van der Waals surface area contributed by atoms with Gasteiger partial charge < -0.3 is 16.4 Å². The zero-order chi connectivity index (χ0) is 12.1.